The van der Waals surface area contributed by atoms with Crippen LogP contribution in [0.4, 0.5) is 5.69 Å². The number of carbonyl (C=O) groups excluding carboxylic acids is 1. The number of nitrogens with one attached hydrogen (secondary N) is 2. The van der Waals surface area contributed by atoms with E-state index in [1.165, 1.54) is 0 Å². The average molecular weight is 327 g/mol. The summed E-state index contributed by atoms with van der Waals surface area (Å²) in [4.78, 5) is 12.5. The van der Waals surface area contributed by atoms with Crippen LogP contribution in [0.1, 0.15) is 21.5 Å². The first kappa shape index (κ1) is 15.3. The van der Waals surface area contributed by atoms with Crippen molar-refractivity contribution in [3.63, 3.8) is 0 Å². The smallest absolute Gasteiger partial charge is 0.261 e. The van der Waals surface area contributed by atoms with Crippen LogP contribution in [0.3, 0.4) is 0 Å². The predicted octanol–water partition coefficient (Wildman–Crippen LogP) is 4.43. The minimum absolute atomic E-state index is 0.167. The lowest BCUT2D eigenvalue weighted by atomic mass is 10.1. The van der Waals surface area contributed by atoms with Crippen molar-refractivity contribution in [1.82, 2.24) is 0 Å². The monoisotopic (exact) mass is 326 g/mol. The number of carbonyl (C=O) groups is 1. The number of hydrogen-bond acceptors (Lipinski definition) is 3. The molecule has 2 aromatic carbocycles. The summed E-state index contributed by atoms with van der Waals surface area (Å²) < 4.78 is 5.41. The molecule has 4 nitrogen and oxygen atoms in total. The fourth-order valence-corrected chi connectivity index (χ4v) is 2.54. The zero-order valence-electron chi connectivity index (χ0n) is 12.7. The van der Waals surface area contributed by atoms with Gasteiger partial charge in [-0.3, -0.25) is 10.2 Å². The number of halogens is 1. The Labute approximate surface area is 138 Å². The van der Waals surface area contributed by atoms with Gasteiger partial charge in [0, 0.05) is 16.1 Å². The number of hydrogen-bond donors (Lipinski definition) is 2. The molecule has 1 amide bonds. The molecule has 1 aromatic heterocycles. The van der Waals surface area contributed by atoms with Crippen LogP contribution in [0, 0.1) is 19.3 Å². The second-order valence-electron chi connectivity index (χ2n) is 5.37. The molecule has 0 aliphatic rings. The molecule has 0 radical (unpaired) electrons. The van der Waals surface area contributed by atoms with Gasteiger partial charge in [-0.05, 0) is 55.3 Å². The Bertz CT molecular complexity index is 976. The summed E-state index contributed by atoms with van der Waals surface area (Å²) in [7, 11) is 0. The predicted molar refractivity (Wildman–Crippen MR) is 90.9 cm³/mol. The van der Waals surface area contributed by atoms with Gasteiger partial charge >= 0.3 is 0 Å². The lowest BCUT2D eigenvalue weighted by Gasteiger charge is -2.10. The highest BCUT2D eigenvalue weighted by Crippen LogP contribution is 2.21. The minimum atomic E-state index is -0.380. The number of amides is 1. The molecule has 0 aliphatic carbocycles. The molecule has 1 heterocycles. The number of rotatable bonds is 2. The number of fused-ring (bicyclic) bond motifs is 1. The Morgan fingerprint density at radius 2 is 1.96 bits per heavy atom. The Morgan fingerprint density at radius 3 is 2.74 bits per heavy atom. The van der Waals surface area contributed by atoms with Gasteiger partial charge in [0.15, 0.2) is 0 Å². The van der Waals surface area contributed by atoms with Crippen LogP contribution in [0.25, 0.3) is 11.0 Å². The maximum absolute atomic E-state index is 12.5. The third-order valence-electron chi connectivity index (χ3n) is 3.83. The summed E-state index contributed by atoms with van der Waals surface area (Å²) in [5.41, 5.74) is 3.31. The summed E-state index contributed by atoms with van der Waals surface area (Å²) in [5.74, 6) is -0.380. The maximum atomic E-state index is 12.5. The summed E-state index contributed by atoms with van der Waals surface area (Å²) >= 11 is 5.97. The molecule has 0 fully saturated rings. The van der Waals surface area contributed by atoms with Crippen LogP contribution < -0.4 is 10.9 Å². The molecular weight excluding hydrogens is 312 g/mol. The van der Waals surface area contributed by atoms with E-state index in [1.807, 2.05) is 32.0 Å². The lowest BCUT2D eigenvalue weighted by molar-refractivity contribution is 0.102. The Hall–Kier alpha value is -2.59. The van der Waals surface area contributed by atoms with Gasteiger partial charge in [-0.25, -0.2) is 0 Å². The summed E-state index contributed by atoms with van der Waals surface area (Å²) in [5, 5.41) is 12.0. The molecule has 5 heteroatoms. The highest BCUT2D eigenvalue weighted by molar-refractivity contribution is 6.31. The van der Waals surface area contributed by atoms with Crippen LogP contribution in [-0.4, -0.2) is 5.91 Å². The van der Waals surface area contributed by atoms with Crippen LogP contribution in [-0.2, 0) is 0 Å². The van der Waals surface area contributed by atoms with E-state index < -0.39 is 0 Å². The standard InChI is InChI=1S/C18H15ClN2O2/c1-10-4-3-5-15(11(10)2)21-18(22)14-9-12-8-13(19)6-7-16(12)23-17(14)20/h3-9,20H,1-2H3,(H,21,22). The van der Waals surface area contributed by atoms with Crippen molar-refractivity contribution in [2.45, 2.75) is 13.8 Å². The summed E-state index contributed by atoms with van der Waals surface area (Å²) in [6, 6.07) is 12.4. The van der Waals surface area contributed by atoms with Gasteiger partial charge in [0.1, 0.15) is 11.1 Å². The van der Waals surface area contributed by atoms with Crippen LogP contribution in [0.15, 0.2) is 46.9 Å². The number of aryl methyl sites for hydroxylation is 1. The van der Waals surface area contributed by atoms with Crippen molar-refractivity contribution in [3.8, 4) is 0 Å². The normalized spacial score (nSPS) is 10.7. The van der Waals surface area contributed by atoms with Gasteiger partial charge in [-0.2, -0.15) is 0 Å². The molecule has 0 atom stereocenters. The summed E-state index contributed by atoms with van der Waals surface area (Å²) in [6.07, 6.45) is 0. The molecule has 0 aliphatic heterocycles. The highest BCUT2D eigenvalue weighted by atomic mass is 35.5. The van der Waals surface area contributed by atoms with E-state index in [2.05, 4.69) is 5.32 Å². The third kappa shape index (κ3) is 2.98. The number of anilines is 1. The molecule has 0 saturated heterocycles. The highest BCUT2D eigenvalue weighted by Gasteiger charge is 2.13. The second kappa shape index (κ2) is 5.89. The minimum Gasteiger partial charge on any atom is -0.438 e. The van der Waals surface area contributed by atoms with Crippen molar-refractivity contribution in [2.24, 2.45) is 0 Å². The summed E-state index contributed by atoms with van der Waals surface area (Å²) in [6.45, 7) is 3.92. The number of benzene rings is 2. The van der Waals surface area contributed by atoms with Gasteiger partial charge in [-0.1, -0.05) is 23.7 Å². The van der Waals surface area contributed by atoms with Crippen LogP contribution in [0.2, 0.25) is 5.02 Å². The molecule has 0 spiro atoms. The van der Waals surface area contributed by atoms with Crippen molar-refractivity contribution >= 4 is 34.2 Å². The van der Waals surface area contributed by atoms with Crippen molar-refractivity contribution in [1.29, 1.82) is 5.41 Å². The topological polar surface area (TPSA) is 66.1 Å². The molecule has 2 N–H and O–H groups in total. The molecule has 116 valence electrons. The Morgan fingerprint density at radius 1 is 1.17 bits per heavy atom. The zero-order valence-corrected chi connectivity index (χ0v) is 13.5. The van der Waals surface area contributed by atoms with E-state index in [9.17, 15) is 4.79 Å². The Kier molecular flexibility index (Phi) is 3.92. The van der Waals surface area contributed by atoms with E-state index in [4.69, 9.17) is 21.4 Å². The van der Waals surface area contributed by atoms with E-state index in [0.717, 1.165) is 16.8 Å². The molecule has 3 aromatic rings. The SMILES string of the molecule is Cc1cccc(NC(=O)c2cc3cc(Cl)ccc3oc2=N)c1C. The molecule has 0 bridgehead atoms. The maximum Gasteiger partial charge on any atom is 0.261 e. The van der Waals surface area contributed by atoms with E-state index in [-0.39, 0.29) is 17.0 Å². The van der Waals surface area contributed by atoms with Gasteiger partial charge in [0.2, 0.25) is 5.55 Å². The molecule has 23 heavy (non-hydrogen) atoms. The van der Waals surface area contributed by atoms with Crippen LogP contribution in [0.5, 0.6) is 0 Å². The first-order valence-electron chi connectivity index (χ1n) is 7.11. The fraction of sp³-hybridized carbons (Fsp3) is 0.111. The molecular formula is C18H15ClN2O2. The first-order chi connectivity index (χ1) is 11.0. The van der Waals surface area contributed by atoms with Gasteiger partial charge in [0.25, 0.3) is 5.91 Å². The van der Waals surface area contributed by atoms with E-state index in [0.29, 0.717) is 16.0 Å². The van der Waals surface area contributed by atoms with Crippen molar-refractivity contribution < 1.29 is 9.21 Å². The molecule has 3 rings (SSSR count). The largest absolute Gasteiger partial charge is 0.438 e. The average Bonchev–Trinajstić information content (AvgIpc) is 2.51. The van der Waals surface area contributed by atoms with Gasteiger partial charge in [-0.15, -0.1) is 0 Å². The van der Waals surface area contributed by atoms with Gasteiger partial charge in [0.05, 0.1) is 0 Å². The third-order valence-corrected chi connectivity index (χ3v) is 4.06. The second-order valence-corrected chi connectivity index (χ2v) is 5.81. The van der Waals surface area contributed by atoms with Crippen molar-refractivity contribution in [3.05, 3.63) is 69.7 Å². The van der Waals surface area contributed by atoms with Crippen LogP contribution >= 0.6 is 11.6 Å². The zero-order chi connectivity index (χ0) is 16.6. The lowest BCUT2D eigenvalue weighted by Crippen LogP contribution is -2.21. The molecule has 0 unspecified atom stereocenters. The van der Waals surface area contributed by atoms with E-state index in [1.54, 1.807) is 24.3 Å². The van der Waals surface area contributed by atoms with E-state index >= 15 is 0 Å². The quantitative estimate of drug-likeness (QED) is 0.731. The Balaban J connectivity index is 2.02. The fourth-order valence-electron chi connectivity index (χ4n) is 2.36. The molecule has 0 saturated carbocycles. The van der Waals surface area contributed by atoms with Crippen molar-refractivity contribution in [2.75, 3.05) is 5.32 Å². The first-order valence-corrected chi connectivity index (χ1v) is 7.49. The van der Waals surface area contributed by atoms with Gasteiger partial charge < -0.3 is 9.73 Å².